The Morgan fingerprint density at radius 1 is 1.21 bits per heavy atom. The molecule has 2 atom stereocenters. The third-order valence-electron chi connectivity index (χ3n) is 5.65. The Morgan fingerprint density at radius 2 is 1.84 bits per heavy atom. The molecule has 0 aromatic heterocycles. The Balaban J connectivity index is 0.000000554. The summed E-state index contributed by atoms with van der Waals surface area (Å²) in [5, 5.41) is 27.1. The molecule has 1 saturated heterocycles. The van der Waals surface area contributed by atoms with Crippen LogP contribution in [0.3, 0.4) is 0 Å². The van der Waals surface area contributed by atoms with Crippen LogP contribution in [0.15, 0.2) is 35.4 Å². The van der Waals surface area contributed by atoms with Crippen LogP contribution in [0.5, 0.6) is 0 Å². The lowest BCUT2D eigenvalue weighted by Crippen LogP contribution is -2.45. The number of nitriles is 1. The van der Waals surface area contributed by atoms with Crippen LogP contribution >= 0.6 is 11.8 Å². The Hall–Kier alpha value is -3.03. The number of rotatable bonds is 8. The number of aliphatic hydroxyl groups excluding tert-OH is 1. The molecule has 1 heterocycles. The number of carbonyl (C=O) groups excluding carboxylic acids is 3. The van der Waals surface area contributed by atoms with E-state index < -0.39 is 5.41 Å². The van der Waals surface area contributed by atoms with Gasteiger partial charge in [-0.15, -0.1) is 0 Å². The first-order valence-electron chi connectivity index (χ1n) is 12.7. The summed E-state index contributed by atoms with van der Waals surface area (Å²) in [7, 11) is 0. The van der Waals surface area contributed by atoms with Crippen molar-refractivity contribution < 1.29 is 19.5 Å². The van der Waals surface area contributed by atoms with Crippen LogP contribution in [-0.2, 0) is 14.4 Å². The summed E-state index contributed by atoms with van der Waals surface area (Å²) in [6.45, 7) is 16.0. The number of thioether (sulfide) groups is 1. The third kappa shape index (κ3) is 10.8. The van der Waals surface area contributed by atoms with E-state index in [4.69, 9.17) is 10.4 Å². The van der Waals surface area contributed by atoms with Crippen LogP contribution in [-0.4, -0.2) is 58.7 Å². The Labute approximate surface area is 231 Å². The summed E-state index contributed by atoms with van der Waals surface area (Å²) in [5.74, 6) is -0.0950. The highest BCUT2D eigenvalue weighted by atomic mass is 32.2. The van der Waals surface area contributed by atoms with Crippen molar-refractivity contribution in [2.24, 2.45) is 10.8 Å². The number of anilines is 2. The van der Waals surface area contributed by atoms with Gasteiger partial charge in [0.15, 0.2) is 0 Å². The van der Waals surface area contributed by atoms with Gasteiger partial charge >= 0.3 is 0 Å². The van der Waals surface area contributed by atoms with Gasteiger partial charge in [-0.25, -0.2) is 0 Å². The smallest absolute Gasteiger partial charge is 0.242 e. The van der Waals surface area contributed by atoms with Crippen molar-refractivity contribution in [3.05, 3.63) is 35.4 Å². The molecule has 38 heavy (non-hydrogen) atoms. The first kappa shape index (κ1) is 33.0. The quantitative estimate of drug-likeness (QED) is 0.382. The maximum atomic E-state index is 12.5. The van der Waals surface area contributed by atoms with Gasteiger partial charge < -0.3 is 26.0 Å². The minimum Gasteiger partial charge on any atom is -0.394 e. The fourth-order valence-electron chi connectivity index (χ4n) is 3.29. The van der Waals surface area contributed by atoms with E-state index in [1.54, 1.807) is 11.0 Å². The molecule has 2 rings (SSSR count). The SMILES string of the molecule is CC(=O)NC(CO)C(C)(C)C.CCN1C(=O)C(CNc2cccc(NC(=O)C(C)(C)C)c2)SC1=CCC#N. The molecular formula is C28H43N5O4S. The molecule has 0 aliphatic carbocycles. The fraction of sp³-hybridized carbons (Fsp3) is 0.571. The lowest BCUT2D eigenvalue weighted by Gasteiger charge is -2.29. The topological polar surface area (TPSA) is 135 Å². The Kier molecular flexibility index (Phi) is 12.8. The molecule has 1 aliphatic heterocycles. The predicted molar refractivity (Wildman–Crippen MR) is 154 cm³/mol. The monoisotopic (exact) mass is 545 g/mol. The number of aliphatic hydroxyl groups is 1. The van der Waals surface area contributed by atoms with Crippen molar-refractivity contribution in [3.8, 4) is 6.07 Å². The van der Waals surface area contributed by atoms with E-state index in [2.05, 4.69) is 22.0 Å². The fourth-order valence-corrected chi connectivity index (χ4v) is 4.50. The van der Waals surface area contributed by atoms with Crippen LogP contribution in [0.2, 0.25) is 0 Å². The highest BCUT2D eigenvalue weighted by Gasteiger charge is 2.35. The van der Waals surface area contributed by atoms with Gasteiger partial charge in [0.25, 0.3) is 0 Å². The molecule has 0 spiro atoms. The van der Waals surface area contributed by atoms with E-state index in [1.165, 1.54) is 18.7 Å². The number of benzene rings is 1. The molecule has 1 aromatic rings. The first-order valence-corrected chi connectivity index (χ1v) is 13.6. The van der Waals surface area contributed by atoms with Crippen molar-refractivity contribution in [1.29, 1.82) is 5.26 Å². The zero-order valence-corrected chi connectivity index (χ0v) is 24.7. The van der Waals surface area contributed by atoms with Crippen LogP contribution in [0.4, 0.5) is 11.4 Å². The molecular weight excluding hydrogens is 502 g/mol. The van der Waals surface area contributed by atoms with E-state index in [0.29, 0.717) is 19.5 Å². The number of hydrogen-bond donors (Lipinski definition) is 4. The molecule has 0 radical (unpaired) electrons. The molecule has 9 nitrogen and oxygen atoms in total. The largest absolute Gasteiger partial charge is 0.394 e. The van der Waals surface area contributed by atoms with Gasteiger partial charge in [0.2, 0.25) is 17.7 Å². The minimum atomic E-state index is -0.466. The predicted octanol–water partition coefficient (Wildman–Crippen LogP) is 4.33. The van der Waals surface area contributed by atoms with E-state index in [-0.39, 0.29) is 41.0 Å². The second kappa shape index (κ2) is 14.8. The minimum absolute atomic E-state index is 0.0108. The first-order chi connectivity index (χ1) is 17.6. The van der Waals surface area contributed by atoms with Gasteiger partial charge in [-0.1, -0.05) is 59.4 Å². The van der Waals surface area contributed by atoms with Gasteiger partial charge in [-0.3, -0.25) is 14.4 Å². The number of nitrogens with one attached hydrogen (secondary N) is 3. The average Bonchev–Trinajstić information content (AvgIpc) is 3.13. The van der Waals surface area contributed by atoms with Crippen LogP contribution < -0.4 is 16.0 Å². The summed E-state index contributed by atoms with van der Waals surface area (Å²) >= 11 is 1.48. The van der Waals surface area contributed by atoms with Crippen molar-refractivity contribution >= 4 is 40.9 Å². The van der Waals surface area contributed by atoms with Crippen LogP contribution in [0.25, 0.3) is 0 Å². The summed E-state index contributed by atoms with van der Waals surface area (Å²) in [6.07, 6.45) is 2.09. The number of carbonyl (C=O) groups is 3. The van der Waals surface area contributed by atoms with E-state index in [9.17, 15) is 14.4 Å². The molecule has 2 unspecified atom stereocenters. The summed E-state index contributed by atoms with van der Waals surface area (Å²) in [5.41, 5.74) is 1.01. The molecule has 3 amide bonds. The van der Waals surface area contributed by atoms with E-state index >= 15 is 0 Å². The highest BCUT2D eigenvalue weighted by molar-refractivity contribution is 8.04. The number of nitrogens with zero attached hydrogens (tertiary/aromatic N) is 2. The van der Waals surface area contributed by atoms with Crippen molar-refractivity contribution in [2.75, 3.05) is 30.3 Å². The normalized spacial score (nSPS) is 17.3. The second-order valence-corrected chi connectivity index (χ2v) is 12.3. The van der Waals surface area contributed by atoms with Gasteiger partial charge in [-0.2, -0.15) is 5.26 Å². The molecule has 1 fully saturated rings. The molecule has 1 aromatic carbocycles. The second-order valence-electron chi connectivity index (χ2n) is 11.1. The lowest BCUT2D eigenvalue weighted by molar-refractivity contribution is -0.127. The van der Waals surface area contributed by atoms with Gasteiger partial charge in [0.1, 0.15) is 5.25 Å². The van der Waals surface area contributed by atoms with E-state index in [0.717, 1.165) is 16.4 Å². The van der Waals surface area contributed by atoms with Crippen molar-refractivity contribution in [2.45, 2.75) is 73.1 Å². The molecule has 210 valence electrons. The maximum Gasteiger partial charge on any atom is 0.242 e. The summed E-state index contributed by atoms with van der Waals surface area (Å²) in [4.78, 5) is 37.0. The third-order valence-corrected chi connectivity index (χ3v) is 6.93. The average molecular weight is 546 g/mol. The number of amides is 3. The van der Waals surface area contributed by atoms with Crippen molar-refractivity contribution in [3.63, 3.8) is 0 Å². The van der Waals surface area contributed by atoms with Crippen molar-refractivity contribution in [1.82, 2.24) is 10.2 Å². The maximum absolute atomic E-state index is 12.5. The summed E-state index contributed by atoms with van der Waals surface area (Å²) in [6, 6.07) is 9.39. The zero-order valence-electron chi connectivity index (χ0n) is 23.8. The zero-order chi connectivity index (χ0) is 29.1. The molecule has 4 N–H and O–H groups in total. The van der Waals surface area contributed by atoms with Gasteiger partial charge in [0, 0.05) is 36.8 Å². The molecule has 10 heteroatoms. The van der Waals surface area contributed by atoms with Gasteiger partial charge in [0.05, 0.1) is 30.2 Å². The number of allylic oxidation sites excluding steroid dienone is 1. The van der Waals surface area contributed by atoms with E-state index in [1.807, 2.05) is 72.7 Å². The van der Waals surface area contributed by atoms with Crippen LogP contribution in [0.1, 0.15) is 61.8 Å². The standard InChI is InChI=1S/C20H26N4O2S.C8H17NO2/c1-5-24-17(10-7-11-21)27-16(18(24)25)13-22-14-8-6-9-15(12-14)23-19(26)20(2,3)4;1-6(11)9-7(5-10)8(2,3)4/h6,8-10,12,16,22H,5,7,13H2,1-4H3,(H,23,26);7,10H,5H2,1-4H3,(H,9,11). The highest BCUT2D eigenvalue weighted by Crippen LogP contribution is 2.35. The van der Waals surface area contributed by atoms with Crippen LogP contribution in [0, 0.1) is 22.2 Å². The Bertz CT molecular complexity index is 1040. The van der Waals surface area contributed by atoms with Gasteiger partial charge in [-0.05, 0) is 36.6 Å². The molecule has 0 bridgehead atoms. The number of hydrogen-bond acceptors (Lipinski definition) is 7. The summed E-state index contributed by atoms with van der Waals surface area (Å²) < 4.78 is 0. The molecule has 0 saturated carbocycles. The Morgan fingerprint density at radius 3 is 2.32 bits per heavy atom. The lowest BCUT2D eigenvalue weighted by atomic mass is 9.87. The molecule has 1 aliphatic rings.